The summed E-state index contributed by atoms with van der Waals surface area (Å²) in [6, 6.07) is 10.5. The summed E-state index contributed by atoms with van der Waals surface area (Å²) in [4.78, 5) is 5.00. The first-order valence-electron chi connectivity index (χ1n) is 8.19. The number of aryl methyl sites for hydroxylation is 1. The third-order valence-electron chi connectivity index (χ3n) is 4.53. The molecule has 0 aromatic heterocycles. The zero-order chi connectivity index (χ0) is 19.7. The van der Waals surface area contributed by atoms with E-state index in [1.165, 1.54) is 30.5 Å². The van der Waals surface area contributed by atoms with Gasteiger partial charge in [0.2, 0.25) is 0 Å². The van der Waals surface area contributed by atoms with Crippen molar-refractivity contribution in [1.29, 1.82) is 0 Å². The number of oxime groups is 2. The van der Waals surface area contributed by atoms with Crippen LogP contribution in [0.4, 0.5) is 13.2 Å². The van der Waals surface area contributed by atoms with Crippen LogP contribution in [0.15, 0.2) is 52.8 Å². The maximum absolute atomic E-state index is 13.9. The van der Waals surface area contributed by atoms with Crippen molar-refractivity contribution in [3.63, 3.8) is 0 Å². The van der Waals surface area contributed by atoms with Crippen molar-refractivity contribution in [2.24, 2.45) is 10.3 Å². The SMILES string of the molecule is CCc1cc(C2=NOC(c3cccc(Cl)c3)(C(F)(F)F)C2)ccc1/C=N/O. The average molecular weight is 397 g/mol. The lowest BCUT2D eigenvalue weighted by Crippen LogP contribution is -2.42. The van der Waals surface area contributed by atoms with Crippen LogP contribution >= 0.6 is 11.6 Å². The predicted molar refractivity (Wildman–Crippen MR) is 96.6 cm³/mol. The Morgan fingerprint density at radius 3 is 2.70 bits per heavy atom. The highest BCUT2D eigenvalue weighted by molar-refractivity contribution is 6.30. The molecular weight excluding hydrogens is 381 g/mol. The second-order valence-electron chi connectivity index (χ2n) is 6.15. The van der Waals surface area contributed by atoms with Crippen LogP contribution in [0, 0.1) is 0 Å². The van der Waals surface area contributed by atoms with Crippen LogP contribution in [-0.2, 0) is 16.9 Å². The van der Waals surface area contributed by atoms with E-state index in [1.54, 1.807) is 18.2 Å². The highest BCUT2D eigenvalue weighted by Crippen LogP contribution is 2.49. The Morgan fingerprint density at radius 1 is 1.30 bits per heavy atom. The van der Waals surface area contributed by atoms with E-state index in [-0.39, 0.29) is 16.3 Å². The highest BCUT2D eigenvalue weighted by atomic mass is 35.5. The Kier molecular flexibility index (Phi) is 5.15. The van der Waals surface area contributed by atoms with Gasteiger partial charge in [0.05, 0.1) is 11.9 Å². The van der Waals surface area contributed by atoms with Gasteiger partial charge in [0.15, 0.2) is 0 Å². The Morgan fingerprint density at radius 2 is 2.07 bits per heavy atom. The quantitative estimate of drug-likeness (QED) is 0.433. The molecule has 142 valence electrons. The van der Waals surface area contributed by atoms with Crippen molar-refractivity contribution in [2.75, 3.05) is 0 Å². The van der Waals surface area contributed by atoms with Crippen molar-refractivity contribution >= 4 is 23.5 Å². The molecule has 3 rings (SSSR count). The minimum Gasteiger partial charge on any atom is -0.411 e. The molecule has 0 saturated carbocycles. The lowest BCUT2D eigenvalue weighted by Gasteiger charge is -2.29. The standard InChI is InChI=1S/C19H16ClF3N2O2/c1-2-12-8-13(6-7-14(12)11-24-26)17-10-18(27-25-17,19(21,22)23)15-4-3-5-16(20)9-15/h3-9,11,26H,2,10H2,1H3/b24-11+. The van der Waals surface area contributed by atoms with Crippen LogP contribution in [0.3, 0.4) is 0 Å². The van der Waals surface area contributed by atoms with Crippen molar-refractivity contribution in [3.8, 4) is 0 Å². The van der Waals surface area contributed by atoms with Crippen molar-refractivity contribution < 1.29 is 23.2 Å². The third-order valence-corrected chi connectivity index (χ3v) is 4.77. The lowest BCUT2D eigenvalue weighted by molar-refractivity contribution is -0.275. The van der Waals surface area contributed by atoms with Gasteiger partial charge in [0.25, 0.3) is 5.60 Å². The first kappa shape index (κ1) is 19.2. The number of hydrogen-bond donors (Lipinski definition) is 1. The van der Waals surface area contributed by atoms with Gasteiger partial charge in [-0.05, 0) is 41.3 Å². The van der Waals surface area contributed by atoms with Gasteiger partial charge in [-0.25, -0.2) is 0 Å². The summed E-state index contributed by atoms with van der Waals surface area (Å²) in [7, 11) is 0. The van der Waals surface area contributed by atoms with Gasteiger partial charge in [-0.2, -0.15) is 13.2 Å². The molecule has 4 nitrogen and oxygen atoms in total. The zero-order valence-electron chi connectivity index (χ0n) is 14.3. The largest absolute Gasteiger partial charge is 0.435 e. The summed E-state index contributed by atoms with van der Waals surface area (Å²) in [5.41, 5.74) is -0.462. The highest BCUT2D eigenvalue weighted by Gasteiger charge is 2.62. The topological polar surface area (TPSA) is 54.2 Å². The molecule has 1 heterocycles. The molecule has 1 unspecified atom stereocenters. The molecule has 0 amide bonds. The van der Waals surface area contributed by atoms with Crippen LogP contribution in [0.25, 0.3) is 0 Å². The first-order valence-corrected chi connectivity index (χ1v) is 8.57. The average Bonchev–Trinajstić information content (AvgIpc) is 3.09. The van der Waals surface area contributed by atoms with Gasteiger partial charge in [0.1, 0.15) is 0 Å². The molecule has 1 aliphatic rings. The summed E-state index contributed by atoms with van der Waals surface area (Å²) in [6.45, 7) is 1.90. The fourth-order valence-electron chi connectivity index (χ4n) is 3.08. The van der Waals surface area contributed by atoms with Crippen LogP contribution in [0.2, 0.25) is 5.02 Å². The van der Waals surface area contributed by atoms with Gasteiger partial charge in [-0.15, -0.1) is 0 Å². The Balaban J connectivity index is 2.00. The van der Waals surface area contributed by atoms with Crippen LogP contribution in [0.1, 0.15) is 35.6 Å². The zero-order valence-corrected chi connectivity index (χ0v) is 15.1. The molecule has 0 fully saturated rings. The molecule has 0 radical (unpaired) electrons. The molecule has 2 aromatic carbocycles. The number of alkyl halides is 3. The summed E-state index contributed by atoms with van der Waals surface area (Å²) in [6.07, 6.45) is -3.25. The van der Waals surface area contributed by atoms with Crippen molar-refractivity contribution in [3.05, 3.63) is 69.7 Å². The van der Waals surface area contributed by atoms with E-state index < -0.39 is 18.2 Å². The summed E-state index contributed by atoms with van der Waals surface area (Å²) < 4.78 is 41.8. The molecular formula is C19H16ClF3N2O2. The third kappa shape index (κ3) is 3.51. The van der Waals surface area contributed by atoms with Crippen molar-refractivity contribution in [1.82, 2.24) is 0 Å². The number of hydrogen-bond acceptors (Lipinski definition) is 4. The van der Waals surface area contributed by atoms with E-state index in [1.807, 2.05) is 6.92 Å². The minimum atomic E-state index is -4.68. The fourth-order valence-corrected chi connectivity index (χ4v) is 3.27. The normalized spacial score (nSPS) is 20.0. The second kappa shape index (κ2) is 7.23. The van der Waals surface area contributed by atoms with E-state index >= 15 is 0 Å². The van der Waals surface area contributed by atoms with Crippen LogP contribution in [-0.4, -0.2) is 23.3 Å². The molecule has 1 atom stereocenters. The van der Waals surface area contributed by atoms with Crippen LogP contribution < -0.4 is 0 Å². The molecule has 1 aliphatic heterocycles. The summed E-state index contributed by atoms with van der Waals surface area (Å²) >= 11 is 5.88. The number of nitrogens with zero attached hydrogens (tertiary/aromatic N) is 2. The summed E-state index contributed by atoms with van der Waals surface area (Å²) in [5.74, 6) is 0. The van der Waals surface area contributed by atoms with E-state index in [2.05, 4.69) is 10.3 Å². The van der Waals surface area contributed by atoms with E-state index in [4.69, 9.17) is 21.6 Å². The van der Waals surface area contributed by atoms with Gasteiger partial charge < -0.3 is 10.0 Å². The Bertz CT molecular complexity index is 912. The molecule has 0 saturated heterocycles. The Hall–Kier alpha value is -2.54. The maximum atomic E-state index is 13.9. The van der Waals surface area contributed by atoms with Gasteiger partial charge in [-0.1, -0.05) is 53.1 Å². The lowest BCUT2D eigenvalue weighted by atomic mass is 9.86. The predicted octanol–water partition coefficient (Wildman–Crippen LogP) is 5.29. The molecule has 2 aromatic rings. The second-order valence-corrected chi connectivity index (χ2v) is 6.59. The van der Waals surface area contributed by atoms with Gasteiger partial charge >= 0.3 is 6.18 Å². The van der Waals surface area contributed by atoms with Gasteiger partial charge in [0, 0.05) is 17.0 Å². The van der Waals surface area contributed by atoms with E-state index in [9.17, 15) is 13.2 Å². The monoisotopic (exact) mass is 396 g/mol. The maximum Gasteiger partial charge on any atom is 0.435 e. The van der Waals surface area contributed by atoms with Crippen LogP contribution in [0.5, 0.6) is 0 Å². The first-order chi connectivity index (χ1) is 12.8. The molecule has 8 heteroatoms. The van der Waals surface area contributed by atoms with E-state index in [0.717, 1.165) is 5.56 Å². The molecule has 0 aliphatic carbocycles. The molecule has 27 heavy (non-hydrogen) atoms. The Labute approximate surface area is 158 Å². The van der Waals surface area contributed by atoms with E-state index in [0.29, 0.717) is 17.5 Å². The smallest absolute Gasteiger partial charge is 0.411 e. The molecule has 0 spiro atoms. The van der Waals surface area contributed by atoms with Crippen molar-refractivity contribution in [2.45, 2.75) is 31.5 Å². The molecule has 0 bridgehead atoms. The summed E-state index contributed by atoms with van der Waals surface area (Å²) in [5, 5.41) is 15.7. The number of rotatable bonds is 4. The minimum absolute atomic E-state index is 0.0963. The number of benzene rings is 2. The van der Waals surface area contributed by atoms with Gasteiger partial charge in [-0.3, -0.25) is 0 Å². The number of halogens is 4. The molecule has 1 N–H and O–H groups in total. The fraction of sp³-hybridized carbons (Fsp3) is 0.263.